The van der Waals surface area contributed by atoms with Gasteiger partial charge in [0.2, 0.25) is 15.9 Å². The van der Waals surface area contributed by atoms with E-state index >= 15 is 0 Å². The van der Waals surface area contributed by atoms with E-state index < -0.39 is 15.3 Å². The monoisotopic (exact) mass is 461 g/mol. The number of hydrogen-bond donors (Lipinski definition) is 1. The summed E-state index contributed by atoms with van der Waals surface area (Å²) in [7, 11) is -0.624. The van der Waals surface area contributed by atoms with Crippen LogP contribution in [-0.4, -0.2) is 43.0 Å². The zero-order valence-electron chi connectivity index (χ0n) is 17.1. The van der Waals surface area contributed by atoms with Gasteiger partial charge >= 0.3 is 0 Å². The summed E-state index contributed by atoms with van der Waals surface area (Å²) in [5.41, 5.74) is 3.19. The van der Waals surface area contributed by atoms with Gasteiger partial charge in [-0.2, -0.15) is 0 Å². The minimum atomic E-state index is -3.58. The van der Waals surface area contributed by atoms with Gasteiger partial charge < -0.3 is 5.32 Å². The lowest BCUT2D eigenvalue weighted by Gasteiger charge is -2.16. The number of thiazole rings is 1. The number of anilines is 1. The van der Waals surface area contributed by atoms with E-state index in [2.05, 4.69) is 10.3 Å². The van der Waals surface area contributed by atoms with Crippen molar-refractivity contribution in [1.29, 1.82) is 0 Å². The third-order valence-electron chi connectivity index (χ3n) is 4.44. The quantitative estimate of drug-likeness (QED) is 0.525. The smallest absolute Gasteiger partial charge is 0.242 e. The lowest BCUT2D eigenvalue weighted by molar-refractivity contribution is -0.115. The van der Waals surface area contributed by atoms with E-state index in [-0.39, 0.29) is 10.8 Å². The molecule has 1 N–H and O–H groups in total. The number of nitrogens with zero attached hydrogens (tertiary/aromatic N) is 2. The second kappa shape index (κ2) is 9.30. The first-order valence-electron chi connectivity index (χ1n) is 9.20. The molecule has 0 aliphatic carbocycles. The summed E-state index contributed by atoms with van der Waals surface area (Å²) in [4.78, 5) is 17.5. The molecule has 0 aliphatic heterocycles. The van der Waals surface area contributed by atoms with Crippen molar-refractivity contribution in [2.75, 3.05) is 19.4 Å². The summed E-state index contributed by atoms with van der Waals surface area (Å²) in [5, 5.41) is 4.43. The highest BCUT2D eigenvalue weighted by Crippen LogP contribution is 2.31. The summed E-state index contributed by atoms with van der Waals surface area (Å²) in [6, 6.07) is 14.6. The standard InChI is InChI=1S/C21H23N3O3S3/c1-14-10-11-17(30(26,27)24(3)4)12-18(14)22-20(25)15(2)29-21-23-19(13-28-21)16-8-6-5-7-9-16/h5-13,15H,1-4H3,(H,22,25)/t15-/m0/s1. The van der Waals surface area contributed by atoms with Crippen molar-refractivity contribution in [3.63, 3.8) is 0 Å². The SMILES string of the molecule is Cc1ccc(S(=O)(=O)N(C)C)cc1NC(=O)[C@H](C)Sc1nc(-c2ccccc2)cs1. The number of thioether (sulfide) groups is 1. The third-order valence-corrected chi connectivity index (χ3v) is 8.33. The van der Waals surface area contributed by atoms with Crippen LogP contribution in [0.1, 0.15) is 12.5 Å². The van der Waals surface area contributed by atoms with Crippen LogP contribution >= 0.6 is 23.1 Å². The second-order valence-electron chi connectivity index (χ2n) is 6.88. The van der Waals surface area contributed by atoms with E-state index in [9.17, 15) is 13.2 Å². The molecule has 2 aromatic carbocycles. The van der Waals surface area contributed by atoms with E-state index in [1.807, 2.05) is 42.6 Å². The van der Waals surface area contributed by atoms with Crippen molar-refractivity contribution in [2.45, 2.75) is 28.3 Å². The van der Waals surface area contributed by atoms with Crippen LogP contribution in [0.2, 0.25) is 0 Å². The fourth-order valence-electron chi connectivity index (χ4n) is 2.60. The highest BCUT2D eigenvalue weighted by atomic mass is 32.2. The Morgan fingerprint density at radius 3 is 2.53 bits per heavy atom. The first kappa shape index (κ1) is 22.5. The molecule has 0 spiro atoms. The van der Waals surface area contributed by atoms with Gasteiger partial charge in [0.25, 0.3) is 0 Å². The molecule has 158 valence electrons. The van der Waals surface area contributed by atoms with Crippen LogP contribution in [0.3, 0.4) is 0 Å². The maximum atomic E-state index is 12.7. The molecule has 0 fully saturated rings. The largest absolute Gasteiger partial charge is 0.325 e. The highest BCUT2D eigenvalue weighted by molar-refractivity contribution is 8.02. The number of aromatic nitrogens is 1. The number of amides is 1. The van der Waals surface area contributed by atoms with E-state index in [1.54, 1.807) is 19.1 Å². The van der Waals surface area contributed by atoms with Crippen LogP contribution in [-0.2, 0) is 14.8 Å². The van der Waals surface area contributed by atoms with Gasteiger partial charge in [-0.15, -0.1) is 11.3 Å². The molecule has 9 heteroatoms. The van der Waals surface area contributed by atoms with Gasteiger partial charge in [-0.05, 0) is 31.5 Å². The second-order valence-corrected chi connectivity index (χ2v) is 11.5. The number of sulfonamides is 1. The summed E-state index contributed by atoms with van der Waals surface area (Å²) in [5.74, 6) is -0.209. The fourth-order valence-corrected chi connectivity index (χ4v) is 5.50. The number of nitrogens with one attached hydrogen (secondary N) is 1. The van der Waals surface area contributed by atoms with Gasteiger partial charge in [-0.3, -0.25) is 4.79 Å². The average molecular weight is 462 g/mol. The normalized spacial score (nSPS) is 12.7. The first-order valence-corrected chi connectivity index (χ1v) is 12.4. The maximum absolute atomic E-state index is 12.7. The average Bonchev–Trinajstić information content (AvgIpc) is 3.18. The molecule has 0 radical (unpaired) electrons. The van der Waals surface area contributed by atoms with Crippen molar-refractivity contribution in [3.8, 4) is 11.3 Å². The number of carbonyl (C=O) groups excluding carboxylic acids is 1. The van der Waals surface area contributed by atoms with Crippen LogP contribution in [0.4, 0.5) is 5.69 Å². The molecule has 1 heterocycles. The summed E-state index contributed by atoms with van der Waals surface area (Å²) in [6.07, 6.45) is 0. The highest BCUT2D eigenvalue weighted by Gasteiger charge is 2.21. The van der Waals surface area contributed by atoms with Crippen molar-refractivity contribution in [1.82, 2.24) is 9.29 Å². The lowest BCUT2D eigenvalue weighted by Crippen LogP contribution is -2.24. The van der Waals surface area contributed by atoms with Gasteiger partial charge in [0.1, 0.15) is 0 Å². The number of benzene rings is 2. The molecular weight excluding hydrogens is 438 g/mol. The lowest BCUT2D eigenvalue weighted by atomic mass is 10.2. The topological polar surface area (TPSA) is 79.4 Å². The van der Waals surface area contributed by atoms with Crippen molar-refractivity contribution < 1.29 is 13.2 Å². The minimum absolute atomic E-state index is 0.140. The molecule has 3 aromatic rings. The van der Waals surface area contributed by atoms with Crippen molar-refractivity contribution in [2.24, 2.45) is 0 Å². The zero-order valence-corrected chi connectivity index (χ0v) is 19.6. The van der Waals surface area contributed by atoms with E-state index in [0.29, 0.717) is 5.69 Å². The first-order chi connectivity index (χ1) is 14.2. The van der Waals surface area contributed by atoms with E-state index in [0.717, 1.165) is 25.5 Å². The third kappa shape index (κ3) is 5.10. The zero-order chi connectivity index (χ0) is 21.9. The number of hydrogen-bond acceptors (Lipinski definition) is 6. The Balaban J connectivity index is 1.71. The van der Waals surface area contributed by atoms with Gasteiger partial charge in [-0.25, -0.2) is 17.7 Å². The Hall–Kier alpha value is -2.20. The van der Waals surface area contributed by atoms with E-state index in [4.69, 9.17) is 0 Å². The molecular formula is C21H23N3O3S3. The molecule has 3 rings (SSSR count). The fraction of sp³-hybridized carbons (Fsp3) is 0.238. The Morgan fingerprint density at radius 2 is 1.87 bits per heavy atom. The number of carbonyl (C=O) groups is 1. The van der Waals surface area contributed by atoms with Gasteiger partial charge in [0.05, 0.1) is 15.8 Å². The van der Waals surface area contributed by atoms with Crippen LogP contribution in [0.5, 0.6) is 0 Å². The number of rotatable bonds is 7. The predicted molar refractivity (Wildman–Crippen MR) is 124 cm³/mol. The van der Waals surface area contributed by atoms with Crippen molar-refractivity contribution in [3.05, 3.63) is 59.5 Å². The molecule has 30 heavy (non-hydrogen) atoms. The molecule has 0 saturated carbocycles. The van der Waals surface area contributed by atoms with Gasteiger partial charge in [0, 0.05) is 30.7 Å². The molecule has 0 bridgehead atoms. The Labute approximate surface area is 185 Å². The molecule has 0 aliphatic rings. The van der Waals surface area contributed by atoms with Crippen LogP contribution < -0.4 is 5.32 Å². The van der Waals surface area contributed by atoms with Gasteiger partial charge in [-0.1, -0.05) is 48.2 Å². The Kier molecular flexibility index (Phi) is 6.97. The Morgan fingerprint density at radius 1 is 1.17 bits per heavy atom. The molecule has 1 aromatic heterocycles. The number of aryl methyl sites for hydroxylation is 1. The van der Waals surface area contributed by atoms with Crippen LogP contribution in [0.15, 0.2) is 63.1 Å². The van der Waals surface area contributed by atoms with Gasteiger partial charge in [0.15, 0.2) is 4.34 Å². The molecule has 1 atom stereocenters. The summed E-state index contributed by atoms with van der Waals surface area (Å²) >= 11 is 2.87. The summed E-state index contributed by atoms with van der Waals surface area (Å²) < 4.78 is 26.7. The predicted octanol–water partition coefficient (Wildman–Crippen LogP) is 4.49. The summed E-state index contributed by atoms with van der Waals surface area (Å²) in [6.45, 7) is 3.63. The molecule has 0 saturated heterocycles. The molecule has 6 nitrogen and oxygen atoms in total. The van der Waals surface area contributed by atoms with Crippen LogP contribution in [0.25, 0.3) is 11.3 Å². The minimum Gasteiger partial charge on any atom is -0.325 e. The van der Waals surface area contributed by atoms with Crippen molar-refractivity contribution >= 4 is 44.7 Å². The molecule has 0 unspecified atom stereocenters. The van der Waals surface area contributed by atoms with E-state index in [1.165, 1.54) is 43.3 Å². The van der Waals surface area contributed by atoms with Crippen LogP contribution in [0, 0.1) is 6.92 Å². The Bertz CT molecular complexity index is 1140. The molecule has 1 amide bonds. The maximum Gasteiger partial charge on any atom is 0.242 e.